The number of halogens is 2. The molecule has 0 spiro atoms. The number of ether oxygens (including phenoxy) is 1. The minimum Gasteiger partial charge on any atom is -0.478 e. The zero-order valence-corrected chi connectivity index (χ0v) is 12.1. The van der Waals surface area contributed by atoms with Gasteiger partial charge in [0.15, 0.2) is 0 Å². The van der Waals surface area contributed by atoms with Gasteiger partial charge in [-0.1, -0.05) is 11.6 Å². The highest BCUT2D eigenvalue weighted by atomic mass is 35.5. The van der Waals surface area contributed by atoms with Gasteiger partial charge in [-0.05, 0) is 13.0 Å². The zero-order chi connectivity index (χ0) is 13.1. The maximum Gasteiger partial charge on any atom is 0.337 e. The number of carboxylic acids is 1. The highest BCUT2D eigenvalue weighted by Crippen LogP contribution is 2.23. The molecule has 0 aliphatic carbocycles. The van der Waals surface area contributed by atoms with E-state index in [1.807, 2.05) is 6.92 Å². The summed E-state index contributed by atoms with van der Waals surface area (Å²) >= 11 is 5.80. The molecular weight excluding hydrogens is 291 g/mol. The SMILES string of the molecule is CC(c1cc(C(=O)O)c(Cl)cn1)N1CCOCC1.Cl. The van der Waals surface area contributed by atoms with Gasteiger partial charge < -0.3 is 9.84 Å². The normalized spacial score (nSPS) is 17.6. The molecule has 1 atom stereocenters. The third-order valence-corrected chi connectivity index (χ3v) is 3.43. The van der Waals surface area contributed by atoms with Crippen LogP contribution in [-0.2, 0) is 4.74 Å². The first-order chi connectivity index (χ1) is 8.59. The Balaban J connectivity index is 0.00000180. The average molecular weight is 307 g/mol. The van der Waals surface area contributed by atoms with Crippen molar-refractivity contribution in [2.24, 2.45) is 0 Å². The standard InChI is InChI=1S/C12H15ClN2O3.ClH/c1-8(15-2-4-18-5-3-15)11-6-9(12(16)17)10(13)7-14-11;/h6-8H,2-5H2,1H3,(H,16,17);1H. The first kappa shape index (κ1) is 16.2. The zero-order valence-electron chi connectivity index (χ0n) is 10.5. The summed E-state index contributed by atoms with van der Waals surface area (Å²) in [5.41, 5.74) is 0.820. The number of aromatic nitrogens is 1. The van der Waals surface area contributed by atoms with Gasteiger partial charge in [0.05, 0.1) is 29.5 Å². The van der Waals surface area contributed by atoms with Crippen molar-refractivity contribution in [3.05, 3.63) is 28.5 Å². The quantitative estimate of drug-likeness (QED) is 0.928. The fourth-order valence-electron chi connectivity index (χ4n) is 2.00. The molecule has 1 aromatic heterocycles. The maximum absolute atomic E-state index is 11.0. The van der Waals surface area contributed by atoms with Crippen molar-refractivity contribution in [1.82, 2.24) is 9.88 Å². The molecule has 1 aliphatic heterocycles. The van der Waals surface area contributed by atoms with Crippen molar-refractivity contribution in [3.63, 3.8) is 0 Å². The third-order valence-electron chi connectivity index (χ3n) is 3.13. The Bertz CT molecular complexity index is 451. The topological polar surface area (TPSA) is 62.7 Å². The smallest absolute Gasteiger partial charge is 0.337 e. The predicted octanol–water partition coefficient (Wildman–Crippen LogP) is 2.25. The Morgan fingerprint density at radius 2 is 2.16 bits per heavy atom. The van der Waals surface area contributed by atoms with E-state index in [1.54, 1.807) is 6.07 Å². The second-order valence-electron chi connectivity index (χ2n) is 4.22. The number of pyridine rings is 1. The molecule has 0 radical (unpaired) electrons. The van der Waals surface area contributed by atoms with Crippen LogP contribution in [0.3, 0.4) is 0 Å². The molecule has 1 N–H and O–H groups in total. The Hall–Kier alpha value is -0.880. The Labute approximate surface area is 122 Å². The van der Waals surface area contributed by atoms with Crippen LogP contribution in [0.1, 0.15) is 29.0 Å². The van der Waals surface area contributed by atoms with Crippen molar-refractivity contribution in [3.8, 4) is 0 Å². The number of carbonyl (C=O) groups is 1. The van der Waals surface area contributed by atoms with Crippen LogP contribution in [0.5, 0.6) is 0 Å². The molecule has 5 nitrogen and oxygen atoms in total. The molecule has 1 fully saturated rings. The van der Waals surface area contributed by atoms with E-state index < -0.39 is 5.97 Å². The largest absolute Gasteiger partial charge is 0.478 e. The van der Waals surface area contributed by atoms with E-state index in [0.717, 1.165) is 18.8 Å². The molecule has 0 amide bonds. The fraction of sp³-hybridized carbons (Fsp3) is 0.500. The van der Waals surface area contributed by atoms with Crippen LogP contribution in [0.15, 0.2) is 12.3 Å². The van der Waals surface area contributed by atoms with Gasteiger partial charge in [0.2, 0.25) is 0 Å². The van der Waals surface area contributed by atoms with Gasteiger partial charge in [0.1, 0.15) is 0 Å². The van der Waals surface area contributed by atoms with E-state index in [-0.39, 0.29) is 29.0 Å². The lowest BCUT2D eigenvalue weighted by Gasteiger charge is -2.32. The Morgan fingerprint density at radius 3 is 2.74 bits per heavy atom. The van der Waals surface area contributed by atoms with Crippen molar-refractivity contribution in [2.45, 2.75) is 13.0 Å². The van der Waals surface area contributed by atoms with E-state index in [0.29, 0.717) is 13.2 Å². The van der Waals surface area contributed by atoms with Gasteiger partial charge in [-0.15, -0.1) is 12.4 Å². The van der Waals surface area contributed by atoms with Crippen LogP contribution >= 0.6 is 24.0 Å². The summed E-state index contributed by atoms with van der Waals surface area (Å²) in [5, 5.41) is 9.20. The lowest BCUT2D eigenvalue weighted by Crippen LogP contribution is -2.38. The van der Waals surface area contributed by atoms with Crippen LogP contribution in [0.25, 0.3) is 0 Å². The van der Waals surface area contributed by atoms with Crippen LogP contribution in [0, 0.1) is 0 Å². The summed E-state index contributed by atoms with van der Waals surface area (Å²) in [6.07, 6.45) is 1.40. The van der Waals surface area contributed by atoms with Crippen LogP contribution in [-0.4, -0.2) is 47.3 Å². The highest BCUT2D eigenvalue weighted by molar-refractivity contribution is 6.33. The number of rotatable bonds is 3. The molecule has 1 saturated heterocycles. The van der Waals surface area contributed by atoms with Gasteiger partial charge >= 0.3 is 5.97 Å². The lowest BCUT2D eigenvalue weighted by atomic mass is 10.1. The van der Waals surface area contributed by atoms with E-state index >= 15 is 0 Å². The molecule has 0 saturated carbocycles. The molecule has 1 unspecified atom stereocenters. The predicted molar refractivity (Wildman–Crippen MR) is 74.3 cm³/mol. The second-order valence-corrected chi connectivity index (χ2v) is 4.63. The van der Waals surface area contributed by atoms with E-state index in [4.69, 9.17) is 21.4 Å². The van der Waals surface area contributed by atoms with Gasteiger partial charge in [-0.2, -0.15) is 0 Å². The molecule has 7 heteroatoms. The van der Waals surface area contributed by atoms with Crippen molar-refractivity contribution >= 4 is 30.0 Å². The van der Waals surface area contributed by atoms with E-state index in [9.17, 15) is 4.79 Å². The second kappa shape index (κ2) is 7.05. The van der Waals surface area contributed by atoms with Crippen molar-refractivity contribution in [1.29, 1.82) is 0 Å². The molecule has 2 rings (SSSR count). The first-order valence-electron chi connectivity index (χ1n) is 5.80. The van der Waals surface area contributed by atoms with E-state index in [2.05, 4.69) is 9.88 Å². The summed E-state index contributed by atoms with van der Waals surface area (Å²) in [7, 11) is 0. The summed E-state index contributed by atoms with van der Waals surface area (Å²) in [4.78, 5) is 17.5. The molecule has 19 heavy (non-hydrogen) atoms. The number of morpholine rings is 1. The number of hydrogen-bond donors (Lipinski definition) is 1. The molecule has 106 valence electrons. The van der Waals surface area contributed by atoms with Crippen molar-refractivity contribution in [2.75, 3.05) is 26.3 Å². The van der Waals surface area contributed by atoms with Crippen LogP contribution in [0.4, 0.5) is 0 Å². The maximum atomic E-state index is 11.0. The Kier molecular flexibility index (Phi) is 6.00. The summed E-state index contributed by atoms with van der Waals surface area (Å²) < 4.78 is 5.29. The van der Waals surface area contributed by atoms with Gasteiger partial charge in [-0.25, -0.2) is 4.79 Å². The third kappa shape index (κ3) is 3.79. The molecular formula is C12H16Cl2N2O3. The summed E-state index contributed by atoms with van der Waals surface area (Å²) in [6.45, 7) is 5.06. The van der Waals surface area contributed by atoms with Gasteiger partial charge in [-0.3, -0.25) is 9.88 Å². The lowest BCUT2D eigenvalue weighted by molar-refractivity contribution is 0.0190. The number of carboxylic acid groups (broad SMARTS) is 1. The summed E-state index contributed by atoms with van der Waals surface area (Å²) in [5.74, 6) is -1.03. The van der Waals surface area contributed by atoms with Gasteiger partial charge in [0.25, 0.3) is 0 Å². The van der Waals surface area contributed by atoms with Crippen LogP contribution < -0.4 is 0 Å². The van der Waals surface area contributed by atoms with Gasteiger partial charge in [0, 0.05) is 25.3 Å². The van der Waals surface area contributed by atoms with Crippen molar-refractivity contribution < 1.29 is 14.6 Å². The summed E-state index contributed by atoms with van der Waals surface area (Å²) in [6, 6.07) is 1.61. The average Bonchev–Trinajstić information content (AvgIpc) is 2.39. The molecule has 0 bridgehead atoms. The molecule has 2 heterocycles. The highest BCUT2D eigenvalue weighted by Gasteiger charge is 2.21. The number of aromatic carboxylic acids is 1. The first-order valence-corrected chi connectivity index (χ1v) is 6.18. The minimum absolute atomic E-state index is 0. The number of nitrogens with zero attached hydrogens (tertiary/aromatic N) is 2. The number of hydrogen-bond acceptors (Lipinski definition) is 4. The fourth-order valence-corrected chi connectivity index (χ4v) is 2.18. The molecule has 0 aromatic carbocycles. The minimum atomic E-state index is -1.03. The van der Waals surface area contributed by atoms with E-state index in [1.165, 1.54) is 6.20 Å². The van der Waals surface area contributed by atoms with Crippen LogP contribution in [0.2, 0.25) is 5.02 Å². The monoisotopic (exact) mass is 306 g/mol. The molecule has 1 aliphatic rings. The Morgan fingerprint density at radius 1 is 1.53 bits per heavy atom. The molecule has 1 aromatic rings.